The molecule has 3 aromatic rings. The molecular formula is C22H27N5O2. The summed E-state index contributed by atoms with van der Waals surface area (Å²) in [5.74, 6) is -0.157. The maximum atomic E-state index is 12.8. The van der Waals surface area contributed by atoms with Crippen LogP contribution in [0.1, 0.15) is 41.5 Å². The van der Waals surface area contributed by atoms with Crippen molar-refractivity contribution in [3.63, 3.8) is 0 Å². The number of carbonyl (C=O) groups excluding carboxylic acids is 1. The summed E-state index contributed by atoms with van der Waals surface area (Å²) < 4.78 is 7.26. The summed E-state index contributed by atoms with van der Waals surface area (Å²) >= 11 is 0. The van der Waals surface area contributed by atoms with Crippen LogP contribution in [-0.4, -0.2) is 51.9 Å². The number of morpholine rings is 1. The lowest BCUT2D eigenvalue weighted by atomic mass is 10.1. The van der Waals surface area contributed by atoms with Crippen LogP contribution in [0, 0.1) is 6.92 Å². The highest BCUT2D eigenvalue weighted by Gasteiger charge is 2.16. The van der Waals surface area contributed by atoms with Crippen molar-refractivity contribution in [3.8, 4) is 0 Å². The molecule has 2 aromatic heterocycles. The van der Waals surface area contributed by atoms with Gasteiger partial charge in [0.25, 0.3) is 5.91 Å². The summed E-state index contributed by atoms with van der Waals surface area (Å²) in [5.41, 5.74) is 4.07. The van der Waals surface area contributed by atoms with Crippen LogP contribution in [-0.2, 0) is 11.3 Å². The van der Waals surface area contributed by atoms with Gasteiger partial charge in [0.15, 0.2) is 5.65 Å². The maximum absolute atomic E-state index is 12.8. The van der Waals surface area contributed by atoms with Gasteiger partial charge in [0.2, 0.25) is 0 Å². The van der Waals surface area contributed by atoms with Crippen molar-refractivity contribution < 1.29 is 9.53 Å². The third-order valence-electron chi connectivity index (χ3n) is 5.22. The van der Waals surface area contributed by atoms with Gasteiger partial charge >= 0.3 is 0 Å². The molecule has 1 aromatic carbocycles. The fourth-order valence-electron chi connectivity index (χ4n) is 3.58. The molecule has 1 amide bonds. The first-order valence-electron chi connectivity index (χ1n) is 10.1. The number of amides is 1. The molecule has 0 spiro atoms. The van der Waals surface area contributed by atoms with Crippen molar-refractivity contribution in [1.82, 2.24) is 19.7 Å². The lowest BCUT2D eigenvalue weighted by Crippen LogP contribution is -2.35. The number of nitrogens with one attached hydrogen (secondary N) is 1. The number of ether oxygens (including phenoxy) is 1. The average molecular weight is 393 g/mol. The lowest BCUT2D eigenvalue weighted by Gasteiger charge is -2.26. The number of nitrogens with zero attached hydrogens (tertiary/aromatic N) is 4. The summed E-state index contributed by atoms with van der Waals surface area (Å²) in [5, 5.41) is 8.24. The normalized spacial score (nSPS) is 15.2. The molecule has 0 bridgehead atoms. The number of aromatic nitrogens is 3. The molecule has 1 aliphatic heterocycles. The molecule has 1 fully saturated rings. The van der Waals surface area contributed by atoms with E-state index in [9.17, 15) is 4.79 Å². The molecule has 7 nitrogen and oxygen atoms in total. The predicted octanol–water partition coefficient (Wildman–Crippen LogP) is 3.41. The van der Waals surface area contributed by atoms with Gasteiger partial charge in [-0.3, -0.25) is 9.69 Å². The number of hydrogen-bond acceptors (Lipinski definition) is 5. The summed E-state index contributed by atoms with van der Waals surface area (Å²) in [7, 11) is 0. The molecule has 4 rings (SSSR count). The number of fused-ring (bicyclic) bond motifs is 1. The van der Waals surface area contributed by atoms with E-state index in [1.807, 2.05) is 29.8 Å². The topological polar surface area (TPSA) is 72.3 Å². The molecule has 29 heavy (non-hydrogen) atoms. The first kappa shape index (κ1) is 19.5. The fourth-order valence-corrected chi connectivity index (χ4v) is 3.58. The van der Waals surface area contributed by atoms with Gasteiger partial charge in [-0.25, -0.2) is 9.67 Å². The van der Waals surface area contributed by atoms with E-state index in [0.29, 0.717) is 11.3 Å². The van der Waals surface area contributed by atoms with Crippen LogP contribution >= 0.6 is 0 Å². The van der Waals surface area contributed by atoms with Crippen LogP contribution in [0.5, 0.6) is 0 Å². The van der Waals surface area contributed by atoms with Crippen molar-refractivity contribution in [3.05, 3.63) is 53.3 Å². The Kier molecular flexibility index (Phi) is 5.60. The monoisotopic (exact) mass is 393 g/mol. The molecule has 0 radical (unpaired) electrons. The Hall–Kier alpha value is -2.77. The zero-order chi connectivity index (χ0) is 20.4. The first-order chi connectivity index (χ1) is 14.0. The molecule has 3 heterocycles. The molecule has 1 N–H and O–H groups in total. The van der Waals surface area contributed by atoms with E-state index < -0.39 is 0 Å². The van der Waals surface area contributed by atoms with Gasteiger partial charge < -0.3 is 10.1 Å². The van der Waals surface area contributed by atoms with E-state index in [2.05, 4.69) is 46.3 Å². The first-order valence-corrected chi connectivity index (χ1v) is 10.1. The number of anilines is 1. The molecule has 0 unspecified atom stereocenters. The van der Waals surface area contributed by atoms with Gasteiger partial charge in [-0.1, -0.05) is 12.1 Å². The SMILES string of the molecule is Cc1nc2c(cnn2C(C)C)cc1C(=O)Nc1ccc(CN2CCOCC2)cc1. The smallest absolute Gasteiger partial charge is 0.257 e. The van der Waals surface area contributed by atoms with Crippen LogP contribution in [0.25, 0.3) is 11.0 Å². The summed E-state index contributed by atoms with van der Waals surface area (Å²) in [6.45, 7) is 10.4. The number of rotatable bonds is 5. The Balaban J connectivity index is 1.46. The predicted molar refractivity (Wildman–Crippen MR) is 113 cm³/mol. The van der Waals surface area contributed by atoms with E-state index in [1.165, 1.54) is 5.56 Å². The van der Waals surface area contributed by atoms with E-state index >= 15 is 0 Å². The second-order valence-electron chi connectivity index (χ2n) is 7.76. The Bertz CT molecular complexity index is 1000. The van der Waals surface area contributed by atoms with E-state index in [-0.39, 0.29) is 11.9 Å². The van der Waals surface area contributed by atoms with Gasteiger partial charge in [0.05, 0.1) is 30.7 Å². The summed E-state index contributed by atoms with van der Waals surface area (Å²) in [6, 6.07) is 10.1. The summed E-state index contributed by atoms with van der Waals surface area (Å²) in [4.78, 5) is 19.8. The Morgan fingerprint density at radius 1 is 1.21 bits per heavy atom. The maximum Gasteiger partial charge on any atom is 0.257 e. The van der Waals surface area contributed by atoms with E-state index in [1.54, 1.807) is 6.20 Å². The minimum atomic E-state index is -0.157. The summed E-state index contributed by atoms with van der Waals surface area (Å²) in [6.07, 6.45) is 1.76. The van der Waals surface area contributed by atoms with E-state index in [4.69, 9.17) is 4.74 Å². The lowest BCUT2D eigenvalue weighted by molar-refractivity contribution is 0.0342. The van der Waals surface area contributed by atoms with E-state index in [0.717, 1.165) is 49.6 Å². The van der Waals surface area contributed by atoms with Crippen LogP contribution in [0.4, 0.5) is 5.69 Å². The molecule has 152 valence electrons. The largest absolute Gasteiger partial charge is 0.379 e. The minimum absolute atomic E-state index is 0.157. The molecule has 0 atom stereocenters. The van der Waals surface area contributed by atoms with Crippen molar-refractivity contribution in [1.29, 1.82) is 0 Å². The quantitative estimate of drug-likeness (QED) is 0.719. The van der Waals surface area contributed by atoms with Crippen molar-refractivity contribution in [2.45, 2.75) is 33.4 Å². The van der Waals surface area contributed by atoms with Gasteiger partial charge in [-0.15, -0.1) is 0 Å². The molecule has 0 saturated carbocycles. The highest BCUT2D eigenvalue weighted by molar-refractivity contribution is 6.06. The van der Waals surface area contributed by atoms with Gasteiger partial charge in [-0.2, -0.15) is 5.10 Å². The van der Waals surface area contributed by atoms with Crippen LogP contribution < -0.4 is 5.32 Å². The Morgan fingerprint density at radius 2 is 1.93 bits per heavy atom. The zero-order valence-corrected chi connectivity index (χ0v) is 17.2. The fraction of sp³-hybridized carbons (Fsp3) is 0.409. The zero-order valence-electron chi connectivity index (χ0n) is 17.2. The van der Waals surface area contributed by atoms with Crippen LogP contribution in [0.3, 0.4) is 0 Å². The standard InChI is InChI=1S/C22H27N5O2/c1-15(2)27-21-18(13-23-27)12-20(16(3)24-21)22(28)25-19-6-4-17(5-7-19)14-26-8-10-29-11-9-26/h4-7,12-13,15H,8-11,14H2,1-3H3,(H,25,28). The molecule has 1 saturated heterocycles. The van der Waals surface area contributed by atoms with Crippen molar-refractivity contribution in [2.24, 2.45) is 0 Å². The van der Waals surface area contributed by atoms with Gasteiger partial charge in [0.1, 0.15) is 0 Å². The van der Waals surface area contributed by atoms with Crippen LogP contribution in [0.2, 0.25) is 0 Å². The Morgan fingerprint density at radius 3 is 2.62 bits per heavy atom. The Labute approximate surface area is 170 Å². The number of benzene rings is 1. The number of pyridine rings is 1. The average Bonchev–Trinajstić information content (AvgIpc) is 3.12. The third-order valence-corrected chi connectivity index (χ3v) is 5.22. The highest BCUT2D eigenvalue weighted by atomic mass is 16.5. The van der Waals surface area contributed by atoms with Gasteiger partial charge in [-0.05, 0) is 44.5 Å². The molecule has 0 aliphatic carbocycles. The second kappa shape index (κ2) is 8.31. The highest BCUT2D eigenvalue weighted by Crippen LogP contribution is 2.20. The third kappa shape index (κ3) is 4.31. The molecular weight excluding hydrogens is 366 g/mol. The number of aryl methyl sites for hydroxylation is 1. The van der Waals surface area contributed by atoms with Crippen molar-refractivity contribution in [2.75, 3.05) is 31.6 Å². The van der Waals surface area contributed by atoms with Gasteiger partial charge in [0, 0.05) is 36.7 Å². The molecule has 1 aliphatic rings. The molecule has 7 heteroatoms. The van der Waals surface area contributed by atoms with Crippen molar-refractivity contribution >= 4 is 22.6 Å². The van der Waals surface area contributed by atoms with Crippen LogP contribution in [0.15, 0.2) is 36.5 Å². The minimum Gasteiger partial charge on any atom is -0.379 e. The number of hydrogen-bond donors (Lipinski definition) is 1. The number of carbonyl (C=O) groups is 1. The second-order valence-corrected chi connectivity index (χ2v) is 7.76.